The number of para-hydroxylation sites is 2. The maximum absolute atomic E-state index is 11.4. The summed E-state index contributed by atoms with van der Waals surface area (Å²) < 4.78 is 16.6. The molecule has 2 atom stereocenters. The van der Waals surface area contributed by atoms with Crippen LogP contribution in [0, 0.1) is 0 Å². The monoisotopic (exact) mass is 495 g/mol. The summed E-state index contributed by atoms with van der Waals surface area (Å²) in [6, 6.07) is 31.3. The molecule has 0 saturated heterocycles. The standard InChI is InChI=1S/C32H33NO4/c1-23(28-14-8-11-24-10-3-4-13-29(24)28)9-7-12-27-21-33(30-15-5-6-16-31(30)37-27)25-17-19-26(20-18-25)36-22-32(34)35-2/h3-6,8,10-11,13-20,23,27H,7,9,12,21-22H2,1-2H3/t23-,27?/m0/s1. The molecule has 5 nitrogen and oxygen atoms in total. The number of ether oxygens (including phenoxy) is 3. The highest BCUT2D eigenvalue weighted by molar-refractivity contribution is 5.86. The van der Waals surface area contributed by atoms with E-state index in [1.165, 1.54) is 23.4 Å². The first-order valence-corrected chi connectivity index (χ1v) is 12.9. The van der Waals surface area contributed by atoms with Crippen LogP contribution < -0.4 is 14.4 Å². The lowest BCUT2D eigenvalue weighted by atomic mass is 9.90. The number of carbonyl (C=O) groups is 1. The summed E-state index contributed by atoms with van der Waals surface area (Å²) in [6.07, 6.45) is 3.29. The smallest absolute Gasteiger partial charge is 0.343 e. The maximum atomic E-state index is 11.4. The summed E-state index contributed by atoms with van der Waals surface area (Å²) in [5.74, 6) is 1.63. The molecule has 0 N–H and O–H groups in total. The Morgan fingerprint density at radius 1 is 0.973 bits per heavy atom. The number of rotatable bonds is 9. The van der Waals surface area contributed by atoms with Crippen molar-refractivity contribution in [2.24, 2.45) is 0 Å². The average Bonchev–Trinajstić information content (AvgIpc) is 2.95. The minimum absolute atomic E-state index is 0.102. The zero-order valence-electron chi connectivity index (χ0n) is 21.4. The molecule has 4 aromatic rings. The normalized spacial score (nSPS) is 15.5. The number of nitrogens with zero attached hydrogens (tertiary/aromatic N) is 1. The molecule has 0 radical (unpaired) electrons. The van der Waals surface area contributed by atoms with Crippen LogP contribution in [0.25, 0.3) is 10.8 Å². The first-order chi connectivity index (χ1) is 18.1. The molecule has 37 heavy (non-hydrogen) atoms. The third-order valence-corrected chi connectivity index (χ3v) is 7.09. The molecule has 1 aliphatic heterocycles. The first kappa shape index (κ1) is 24.7. The van der Waals surface area contributed by atoms with Gasteiger partial charge in [0.05, 0.1) is 19.3 Å². The highest BCUT2D eigenvalue weighted by Crippen LogP contribution is 2.39. The van der Waals surface area contributed by atoms with Gasteiger partial charge in [0.2, 0.25) is 0 Å². The SMILES string of the molecule is COC(=O)COc1ccc(N2CC(CCC[C@H](C)c3cccc4ccccc34)Oc3ccccc32)cc1. The molecule has 0 saturated carbocycles. The summed E-state index contributed by atoms with van der Waals surface area (Å²) >= 11 is 0. The zero-order valence-corrected chi connectivity index (χ0v) is 21.4. The van der Waals surface area contributed by atoms with Crippen molar-refractivity contribution >= 4 is 28.1 Å². The van der Waals surface area contributed by atoms with Crippen molar-refractivity contribution in [3.8, 4) is 11.5 Å². The summed E-state index contributed by atoms with van der Waals surface area (Å²) in [4.78, 5) is 13.7. The molecule has 5 rings (SSSR count). The summed E-state index contributed by atoms with van der Waals surface area (Å²) in [5, 5.41) is 2.65. The molecular formula is C32H33NO4. The fraction of sp³-hybridized carbons (Fsp3) is 0.281. The number of carbonyl (C=O) groups excluding carboxylic acids is 1. The Bertz CT molecular complexity index is 1350. The molecule has 1 heterocycles. The zero-order chi connectivity index (χ0) is 25.6. The number of methoxy groups -OCH3 is 1. The van der Waals surface area contributed by atoms with Crippen LogP contribution in [0.3, 0.4) is 0 Å². The third-order valence-electron chi connectivity index (χ3n) is 7.09. The van der Waals surface area contributed by atoms with Crippen LogP contribution in [0.4, 0.5) is 11.4 Å². The second-order valence-corrected chi connectivity index (χ2v) is 9.58. The van der Waals surface area contributed by atoms with Gasteiger partial charge >= 0.3 is 5.97 Å². The minimum Gasteiger partial charge on any atom is -0.486 e. The lowest BCUT2D eigenvalue weighted by Crippen LogP contribution is -2.37. The van der Waals surface area contributed by atoms with E-state index in [2.05, 4.69) is 65.1 Å². The van der Waals surface area contributed by atoms with Crippen molar-refractivity contribution in [3.63, 3.8) is 0 Å². The van der Waals surface area contributed by atoms with E-state index in [1.54, 1.807) is 0 Å². The Kier molecular flexibility index (Phi) is 7.59. The molecule has 0 amide bonds. The van der Waals surface area contributed by atoms with Gasteiger partial charge in [0.15, 0.2) is 6.61 Å². The molecule has 0 aromatic heterocycles. The first-order valence-electron chi connectivity index (χ1n) is 12.9. The van der Waals surface area contributed by atoms with E-state index in [0.29, 0.717) is 11.7 Å². The molecule has 4 aromatic carbocycles. The number of hydrogen-bond donors (Lipinski definition) is 0. The Morgan fingerprint density at radius 2 is 1.73 bits per heavy atom. The van der Waals surface area contributed by atoms with Gasteiger partial charge in [-0.25, -0.2) is 4.79 Å². The summed E-state index contributed by atoms with van der Waals surface area (Å²) in [7, 11) is 1.35. The lowest BCUT2D eigenvalue weighted by molar-refractivity contribution is -0.142. The van der Waals surface area contributed by atoms with Gasteiger partial charge in [0.1, 0.15) is 17.6 Å². The largest absolute Gasteiger partial charge is 0.486 e. The van der Waals surface area contributed by atoms with Crippen LogP contribution in [0.2, 0.25) is 0 Å². The quantitative estimate of drug-likeness (QED) is 0.229. The van der Waals surface area contributed by atoms with Crippen LogP contribution >= 0.6 is 0 Å². The number of esters is 1. The Labute approximate surface area is 218 Å². The van der Waals surface area contributed by atoms with Crippen LogP contribution in [0.5, 0.6) is 11.5 Å². The highest BCUT2D eigenvalue weighted by atomic mass is 16.6. The van der Waals surface area contributed by atoms with Gasteiger partial charge in [0.25, 0.3) is 0 Å². The molecule has 0 aliphatic carbocycles. The molecule has 1 aliphatic rings. The molecule has 190 valence electrons. The van der Waals surface area contributed by atoms with E-state index in [0.717, 1.165) is 42.9 Å². The van der Waals surface area contributed by atoms with Gasteiger partial charge in [-0.2, -0.15) is 0 Å². The molecule has 0 bridgehead atoms. The predicted molar refractivity (Wildman–Crippen MR) is 148 cm³/mol. The van der Waals surface area contributed by atoms with Gasteiger partial charge in [-0.1, -0.05) is 61.5 Å². The van der Waals surface area contributed by atoms with Crippen molar-refractivity contribution < 1.29 is 19.0 Å². The summed E-state index contributed by atoms with van der Waals surface area (Å²) in [5.41, 5.74) is 3.55. The highest BCUT2D eigenvalue weighted by Gasteiger charge is 2.26. The number of fused-ring (bicyclic) bond motifs is 2. The fourth-order valence-corrected chi connectivity index (χ4v) is 5.10. The molecule has 0 fully saturated rings. The van der Waals surface area contributed by atoms with Gasteiger partial charge in [-0.3, -0.25) is 0 Å². The lowest BCUT2D eigenvalue weighted by Gasteiger charge is -2.36. The van der Waals surface area contributed by atoms with E-state index in [1.807, 2.05) is 42.5 Å². The fourth-order valence-electron chi connectivity index (χ4n) is 5.10. The Hall–Kier alpha value is -3.99. The van der Waals surface area contributed by atoms with Crippen LogP contribution in [-0.4, -0.2) is 32.3 Å². The average molecular weight is 496 g/mol. The topological polar surface area (TPSA) is 48.0 Å². The number of hydrogen-bond acceptors (Lipinski definition) is 5. The second-order valence-electron chi connectivity index (χ2n) is 9.58. The van der Waals surface area contributed by atoms with Crippen LogP contribution in [0.1, 0.15) is 37.7 Å². The van der Waals surface area contributed by atoms with E-state index in [-0.39, 0.29) is 12.7 Å². The van der Waals surface area contributed by atoms with Gasteiger partial charge in [0, 0.05) is 5.69 Å². The van der Waals surface area contributed by atoms with Crippen molar-refractivity contribution in [1.29, 1.82) is 0 Å². The minimum atomic E-state index is -0.399. The van der Waals surface area contributed by atoms with E-state index >= 15 is 0 Å². The Morgan fingerprint density at radius 3 is 2.57 bits per heavy atom. The van der Waals surface area contributed by atoms with Gasteiger partial charge in [-0.15, -0.1) is 0 Å². The number of anilines is 2. The second kappa shape index (κ2) is 11.4. The Balaban J connectivity index is 1.24. The van der Waals surface area contributed by atoms with Crippen LogP contribution in [0.15, 0.2) is 91.0 Å². The predicted octanol–water partition coefficient (Wildman–Crippen LogP) is 7.26. The van der Waals surface area contributed by atoms with Gasteiger partial charge < -0.3 is 19.1 Å². The summed E-state index contributed by atoms with van der Waals surface area (Å²) in [6.45, 7) is 3.01. The number of benzene rings is 4. The molecule has 0 spiro atoms. The molecule has 5 heteroatoms. The maximum Gasteiger partial charge on any atom is 0.343 e. The van der Waals surface area contributed by atoms with Crippen molar-refractivity contribution in [2.75, 3.05) is 25.2 Å². The van der Waals surface area contributed by atoms with Crippen molar-refractivity contribution in [3.05, 3.63) is 96.6 Å². The van der Waals surface area contributed by atoms with Crippen LogP contribution in [-0.2, 0) is 9.53 Å². The third kappa shape index (κ3) is 5.72. The molecule has 1 unspecified atom stereocenters. The van der Waals surface area contributed by atoms with E-state index in [4.69, 9.17) is 9.47 Å². The van der Waals surface area contributed by atoms with Crippen molar-refractivity contribution in [2.45, 2.75) is 38.2 Å². The van der Waals surface area contributed by atoms with Gasteiger partial charge in [-0.05, 0) is 77.9 Å². The molecular weight excluding hydrogens is 462 g/mol. The van der Waals surface area contributed by atoms with Crippen molar-refractivity contribution in [1.82, 2.24) is 0 Å². The van der Waals surface area contributed by atoms with E-state index in [9.17, 15) is 4.79 Å². The van der Waals surface area contributed by atoms with E-state index < -0.39 is 5.97 Å².